The number of carbonyl (C=O) groups is 1. The number of aromatic nitrogens is 1. The summed E-state index contributed by atoms with van der Waals surface area (Å²) in [5.41, 5.74) is 0.703. The van der Waals surface area contributed by atoms with Gasteiger partial charge in [0.1, 0.15) is 11.3 Å². The summed E-state index contributed by atoms with van der Waals surface area (Å²) >= 11 is 9.65. The van der Waals surface area contributed by atoms with Crippen molar-refractivity contribution in [3.8, 4) is 5.75 Å². The summed E-state index contributed by atoms with van der Waals surface area (Å²) in [6.45, 7) is 4.61. The fraction of sp³-hybridized carbons (Fsp3) is 0.417. The van der Waals surface area contributed by atoms with Crippen LogP contribution < -0.4 is 9.64 Å². The molecule has 1 aliphatic heterocycles. The zero-order valence-electron chi connectivity index (χ0n) is 18.7. The maximum Gasteiger partial charge on any atom is 0.228 e. The molecule has 9 heteroatoms. The predicted octanol–water partition coefficient (Wildman–Crippen LogP) is 5.20. The Balaban J connectivity index is 1.47. The lowest BCUT2D eigenvalue weighted by Gasteiger charge is -2.29. The van der Waals surface area contributed by atoms with Gasteiger partial charge in [-0.1, -0.05) is 41.1 Å². The molecule has 3 aromatic rings. The van der Waals surface area contributed by atoms with E-state index in [0.29, 0.717) is 34.4 Å². The number of nitrogens with zero attached hydrogens (tertiary/aromatic N) is 3. The summed E-state index contributed by atoms with van der Waals surface area (Å²) in [5, 5.41) is 1.29. The molecule has 0 radical (unpaired) electrons. The minimum absolute atomic E-state index is 0.0890. The van der Waals surface area contributed by atoms with Crippen molar-refractivity contribution in [1.82, 2.24) is 9.88 Å². The average Bonchev–Trinajstić information content (AvgIpc) is 3.30. The van der Waals surface area contributed by atoms with Crippen molar-refractivity contribution in [3.05, 3.63) is 47.5 Å². The molecule has 1 fully saturated rings. The van der Waals surface area contributed by atoms with E-state index < -0.39 is 0 Å². The monoisotopic (exact) mass is 505 g/mol. The van der Waals surface area contributed by atoms with E-state index in [1.165, 1.54) is 16.2 Å². The Morgan fingerprint density at radius 3 is 2.79 bits per heavy atom. The third kappa shape index (κ3) is 6.39. The molecule has 2 aromatic carbocycles. The number of hydrogen-bond donors (Lipinski definition) is 0. The largest absolute Gasteiger partial charge is 0.494 e. The van der Waals surface area contributed by atoms with Gasteiger partial charge in [-0.2, -0.15) is 0 Å². The number of carbonyl (C=O) groups excluding carboxylic acids is 1. The summed E-state index contributed by atoms with van der Waals surface area (Å²) in [7, 11) is 1.62. The van der Waals surface area contributed by atoms with Crippen LogP contribution in [0.1, 0.15) is 12.8 Å². The molecule has 0 saturated carbocycles. The maximum absolute atomic E-state index is 13.3. The standard InChI is InChI=1S/C24H28ClN3O3S2/c1-30-20-10-9-19(25)23-22(20)26-24(33-23)28(12-11-27-13-15-31-16-14-27)21(29)8-5-17-32-18-6-3-2-4-7-18/h2-4,6-7,9-10H,5,8,11-17H2,1H3. The highest BCUT2D eigenvalue weighted by molar-refractivity contribution is 7.99. The molecule has 1 amide bonds. The highest BCUT2D eigenvalue weighted by atomic mass is 35.5. The van der Waals surface area contributed by atoms with Gasteiger partial charge in [-0.3, -0.25) is 14.6 Å². The van der Waals surface area contributed by atoms with E-state index in [1.807, 2.05) is 35.2 Å². The van der Waals surface area contributed by atoms with Gasteiger partial charge in [0.15, 0.2) is 5.13 Å². The molecule has 33 heavy (non-hydrogen) atoms. The third-order valence-electron chi connectivity index (χ3n) is 5.49. The quantitative estimate of drug-likeness (QED) is 0.279. The molecule has 0 spiro atoms. The van der Waals surface area contributed by atoms with E-state index >= 15 is 0 Å². The second kappa shape index (κ2) is 12.0. The van der Waals surface area contributed by atoms with Crippen LogP contribution >= 0.6 is 34.7 Å². The van der Waals surface area contributed by atoms with E-state index in [4.69, 9.17) is 26.1 Å². The average molecular weight is 506 g/mol. The number of thioether (sulfide) groups is 1. The van der Waals surface area contributed by atoms with Gasteiger partial charge >= 0.3 is 0 Å². The summed E-state index contributed by atoms with van der Waals surface area (Å²) < 4.78 is 11.8. The van der Waals surface area contributed by atoms with Gasteiger partial charge in [0.25, 0.3) is 0 Å². The SMILES string of the molecule is COc1ccc(Cl)c2sc(N(CCN3CCOCC3)C(=O)CCCSc3ccccc3)nc12. The summed E-state index contributed by atoms with van der Waals surface area (Å²) in [6.07, 6.45) is 1.28. The molecule has 0 aliphatic carbocycles. The normalized spacial score (nSPS) is 14.5. The maximum atomic E-state index is 13.3. The van der Waals surface area contributed by atoms with Gasteiger partial charge in [0, 0.05) is 37.5 Å². The second-order valence-electron chi connectivity index (χ2n) is 7.69. The van der Waals surface area contributed by atoms with Crippen molar-refractivity contribution >= 4 is 56.0 Å². The molecule has 0 bridgehead atoms. The van der Waals surface area contributed by atoms with Gasteiger partial charge in [-0.05, 0) is 36.4 Å². The van der Waals surface area contributed by atoms with Crippen LogP contribution in [-0.2, 0) is 9.53 Å². The molecule has 1 aliphatic rings. The molecule has 176 valence electrons. The minimum Gasteiger partial charge on any atom is -0.494 e. The molecule has 0 N–H and O–H groups in total. The van der Waals surface area contributed by atoms with Crippen LogP contribution in [0.2, 0.25) is 5.02 Å². The lowest BCUT2D eigenvalue weighted by molar-refractivity contribution is -0.118. The smallest absolute Gasteiger partial charge is 0.228 e. The number of benzene rings is 2. The van der Waals surface area contributed by atoms with E-state index in [0.717, 1.165) is 49.7 Å². The van der Waals surface area contributed by atoms with Crippen molar-refractivity contribution < 1.29 is 14.3 Å². The zero-order valence-corrected chi connectivity index (χ0v) is 21.1. The minimum atomic E-state index is 0.0890. The van der Waals surface area contributed by atoms with E-state index in [1.54, 1.807) is 18.9 Å². The fourth-order valence-corrected chi connectivity index (χ4v) is 5.85. The molecule has 6 nitrogen and oxygen atoms in total. The molecule has 1 aromatic heterocycles. The van der Waals surface area contributed by atoms with Gasteiger partial charge in [0.2, 0.25) is 5.91 Å². The topological polar surface area (TPSA) is 54.9 Å². The van der Waals surface area contributed by atoms with Crippen LogP contribution in [-0.4, -0.2) is 68.0 Å². The summed E-state index contributed by atoms with van der Waals surface area (Å²) in [6, 6.07) is 13.9. The third-order valence-corrected chi connectivity index (χ3v) is 8.13. The molecule has 1 saturated heterocycles. The first-order chi connectivity index (χ1) is 16.2. The van der Waals surface area contributed by atoms with Crippen LogP contribution in [0.25, 0.3) is 10.2 Å². The Morgan fingerprint density at radius 2 is 2.03 bits per heavy atom. The first-order valence-corrected chi connectivity index (χ1v) is 13.2. The molecule has 0 unspecified atom stereocenters. The molecule has 0 atom stereocenters. The Kier molecular flexibility index (Phi) is 8.86. The lowest BCUT2D eigenvalue weighted by atomic mass is 10.3. The molecular formula is C24H28ClN3O3S2. The number of ether oxygens (including phenoxy) is 2. The van der Waals surface area contributed by atoms with Crippen molar-refractivity contribution in [2.24, 2.45) is 0 Å². The van der Waals surface area contributed by atoms with E-state index in [2.05, 4.69) is 17.0 Å². The highest BCUT2D eigenvalue weighted by Crippen LogP contribution is 2.39. The predicted molar refractivity (Wildman–Crippen MR) is 137 cm³/mol. The van der Waals surface area contributed by atoms with E-state index in [9.17, 15) is 4.79 Å². The Labute approximate surface area is 207 Å². The molecule has 2 heterocycles. The van der Waals surface area contributed by atoms with Crippen LogP contribution in [0.15, 0.2) is 47.4 Å². The first-order valence-electron chi connectivity index (χ1n) is 11.1. The number of methoxy groups -OCH3 is 1. The van der Waals surface area contributed by atoms with Gasteiger partial charge in [0.05, 0.1) is 30.0 Å². The summed E-state index contributed by atoms with van der Waals surface area (Å²) in [4.78, 5) is 23.5. The van der Waals surface area contributed by atoms with Crippen molar-refractivity contribution in [2.75, 3.05) is 57.2 Å². The van der Waals surface area contributed by atoms with Crippen LogP contribution in [0.5, 0.6) is 5.75 Å². The number of anilines is 1. The van der Waals surface area contributed by atoms with Gasteiger partial charge in [-0.25, -0.2) is 4.98 Å². The number of hydrogen-bond acceptors (Lipinski definition) is 7. The van der Waals surface area contributed by atoms with Crippen molar-refractivity contribution in [1.29, 1.82) is 0 Å². The van der Waals surface area contributed by atoms with Crippen LogP contribution in [0.3, 0.4) is 0 Å². The number of fused-ring (bicyclic) bond motifs is 1. The number of halogens is 1. The molecular weight excluding hydrogens is 478 g/mol. The lowest BCUT2D eigenvalue weighted by Crippen LogP contribution is -2.43. The van der Waals surface area contributed by atoms with Gasteiger partial charge < -0.3 is 9.47 Å². The van der Waals surface area contributed by atoms with Crippen molar-refractivity contribution in [2.45, 2.75) is 17.7 Å². The van der Waals surface area contributed by atoms with Crippen LogP contribution in [0.4, 0.5) is 5.13 Å². The summed E-state index contributed by atoms with van der Waals surface area (Å²) in [5.74, 6) is 1.65. The number of thiazole rings is 1. The second-order valence-corrected chi connectivity index (χ2v) is 10.2. The number of rotatable bonds is 10. The van der Waals surface area contributed by atoms with Crippen molar-refractivity contribution in [3.63, 3.8) is 0 Å². The Bertz CT molecular complexity index is 1060. The number of morpholine rings is 1. The molecule has 4 rings (SSSR count). The number of amides is 1. The fourth-order valence-electron chi connectivity index (χ4n) is 3.68. The van der Waals surface area contributed by atoms with Crippen LogP contribution in [0, 0.1) is 0 Å². The zero-order chi connectivity index (χ0) is 23.0. The first kappa shape index (κ1) is 24.3. The van der Waals surface area contributed by atoms with Gasteiger partial charge in [-0.15, -0.1) is 11.8 Å². The Morgan fingerprint density at radius 1 is 1.24 bits per heavy atom. The Hall–Kier alpha value is -1.84. The highest BCUT2D eigenvalue weighted by Gasteiger charge is 2.23. The van der Waals surface area contributed by atoms with E-state index in [-0.39, 0.29) is 5.91 Å².